The number of anilines is 1. The van der Waals surface area contributed by atoms with Crippen LogP contribution >= 0.6 is 0 Å². The first kappa shape index (κ1) is 20.5. The number of imide groups is 2. The Labute approximate surface area is 180 Å². The minimum atomic E-state index is -0.884. The summed E-state index contributed by atoms with van der Waals surface area (Å²) in [5, 5.41) is 13.2. The number of carbonyl (C=O) groups excluding carboxylic acids is 3. The van der Waals surface area contributed by atoms with Crippen LogP contribution in [0.4, 0.5) is 16.2 Å². The van der Waals surface area contributed by atoms with Crippen molar-refractivity contribution in [2.45, 2.75) is 0 Å². The summed E-state index contributed by atoms with van der Waals surface area (Å²) < 4.78 is 10.9. The van der Waals surface area contributed by atoms with E-state index in [9.17, 15) is 24.5 Å². The Kier molecular flexibility index (Phi) is 5.21. The Morgan fingerprint density at radius 1 is 1.12 bits per heavy atom. The molecular weight excluding hydrogens is 420 g/mol. The standard InChI is InChI=1S/C21H14N4O7/c1-31-17-4-2-13(25(29)30)10-15(17)18-5-3-14(32-18)11-16-19(26)23-21(28)24(20(16)27)12-6-8-22-9-7-12/h2-11H,1H3,(H,23,26,28)/b16-11+. The van der Waals surface area contributed by atoms with Gasteiger partial charge in [0.1, 0.15) is 22.8 Å². The van der Waals surface area contributed by atoms with Crippen molar-refractivity contribution in [2.24, 2.45) is 0 Å². The fourth-order valence-corrected chi connectivity index (χ4v) is 3.10. The number of methoxy groups -OCH3 is 1. The molecule has 0 saturated carbocycles. The molecule has 0 radical (unpaired) electrons. The monoisotopic (exact) mass is 434 g/mol. The molecule has 0 aliphatic carbocycles. The number of benzene rings is 1. The fraction of sp³-hybridized carbons (Fsp3) is 0.0476. The third-order valence-corrected chi connectivity index (χ3v) is 4.60. The van der Waals surface area contributed by atoms with Crippen molar-refractivity contribution in [2.75, 3.05) is 12.0 Å². The van der Waals surface area contributed by atoms with Crippen molar-refractivity contribution in [3.05, 3.63) is 76.3 Å². The number of hydrogen-bond donors (Lipinski definition) is 1. The van der Waals surface area contributed by atoms with Crippen molar-refractivity contribution in [1.29, 1.82) is 0 Å². The van der Waals surface area contributed by atoms with Crippen LogP contribution in [-0.2, 0) is 9.59 Å². The van der Waals surface area contributed by atoms with Gasteiger partial charge in [-0.05, 0) is 36.4 Å². The van der Waals surface area contributed by atoms with Gasteiger partial charge in [0.25, 0.3) is 17.5 Å². The summed E-state index contributed by atoms with van der Waals surface area (Å²) in [6.07, 6.45) is 3.99. The normalized spacial score (nSPS) is 15.1. The van der Waals surface area contributed by atoms with Crippen molar-refractivity contribution in [3.8, 4) is 17.1 Å². The second kappa shape index (κ2) is 8.14. The Bertz CT molecular complexity index is 1280. The predicted molar refractivity (Wildman–Crippen MR) is 111 cm³/mol. The number of amides is 4. The van der Waals surface area contributed by atoms with E-state index in [1.165, 1.54) is 68.0 Å². The van der Waals surface area contributed by atoms with Gasteiger partial charge < -0.3 is 9.15 Å². The van der Waals surface area contributed by atoms with Crippen LogP contribution < -0.4 is 15.0 Å². The number of pyridine rings is 1. The number of non-ortho nitro benzene ring substituents is 1. The van der Waals surface area contributed by atoms with Crippen molar-refractivity contribution < 1.29 is 28.5 Å². The predicted octanol–water partition coefficient (Wildman–Crippen LogP) is 2.92. The Morgan fingerprint density at radius 3 is 2.56 bits per heavy atom. The number of rotatable bonds is 5. The zero-order valence-electron chi connectivity index (χ0n) is 16.5. The maximum atomic E-state index is 12.9. The Morgan fingerprint density at radius 2 is 1.88 bits per heavy atom. The lowest BCUT2D eigenvalue weighted by molar-refractivity contribution is -0.384. The molecule has 0 atom stereocenters. The molecule has 4 amide bonds. The molecule has 1 aliphatic rings. The molecule has 1 saturated heterocycles. The molecular formula is C21H14N4O7. The van der Waals surface area contributed by atoms with Crippen molar-refractivity contribution in [3.63, 3.8) is 0 Å². The molecule has 0 bridgehead atoms. The van der Waals surface area contributed by atoms with Gasteiger partial charge in [0.15, 0.2) is 0 Å². The summed E-state index contributed by atoms with van der Waals surface area (Å²) in [6, 6.07) is 9.03. The lowest BCUT2D eigenvalue weighted by Gasteiger charge is -2.25. The topological polar surface area (TPSA) is 145 Å². The quantitative estimate of drug-likeness (QED) is 0.279. The zero-order valence-corrected chi connectivity index (χ0v) is 16.5. The third-order valence-electron chi connectivity index (χ3n) is 4.60. The highest BCUT2D eigenvalue weighted by Crippen LogP contribution is 2.35. The minimum absolute atomic E-state index is 0.121. The number of nitrogens with one attached hydrogen (secondary N) is 1. The summed E-state index contributed by atoms with van der Waals surface area (Å²) in [4.78, 5) is 52.6. The fourth-order valence-electron chi connectivity index (χ4n) is 3.10. The number of barbiturate groups is 1. The molecule has 160 valence electrons. The molecule has 0 spiro atoms. The average Bonchev–Trinajstić information content (AvgIpc) is 3.25. The maximum absolute atomic E-state index is 12.9. The van der Waals surface area contributed by atoms with Gasteiger partial charge in [-0.3, -0.25) is 30.0 Å². The number of carbonyl (C=O) groups is 3. The van der Waals surface area contributed by atoms with Gasteiger partial charge in [-0.15, -0.1) is 0 Å². The highest BCUT2D eigenvalue weighted by atomic mass is 16.6. The maximum Gasteiger partial charge on any atom is 0.335 e. The molecule has 1 aliphatic heterocycles. The largest absolute Gasteiger partial charge is 0.496 e. The number of furan rings is 1. The first-order valence-corrected chi connectivity index (χ1v) is 9.13. The van der Waals surface area contributed by atoms with Crippen molar-refractivity contribution >= 4 is 35.3 Å². The van der Waals surface area contributed by atoms with Gasteiger partial charge in [-0.25, -0.2) is 9.69 Å². The average molecular weight is 434 g/mol. The smallest absolute Gasteiger partial charge is 0.335 e. The highest BCUT2D eigenvalue weighted by Gasteiger charge is 2.37. The van der Waals surface area contributed by atoms with Gasteiger partial charge in [0.05, 0.1) is 23.3 Å². The SMILES string of the molecule is COc1ccc([N+](=O)[O-])cc1-c1ccc(/C=C2\C(=O)NC(=O)N(c3ccncc3)C2=O)o1. The highest BCUT2D eigenvalue weighted by molar-refractivity contribution is 6.39. The van der Waals surface area contributed by atoms with Crippen molar-refractivity contribution in [1.82, 2.24) is 10.3 Å². The molecule has 3 aromatic rings. The first-order valence-electron chi connectivity index (χ1n) is 9.13. The lowest BCUT2D eigenvalue weighted by atomic mass is 10.1. The molecule has 11 nitrogen and oxygen atoms in total. The van der Waals surface area contributed by atoms with Crippen LogP contribution in [-0.4, -0.2) is 34.9 Å². The second-order valence-electron chi connectivity index (χ2n) is 6.51. The van der Waals surface area contributed by atoms with E-state index < -0.39 is 22.8 Å². The number of urea groups is 1. The Hall–Kier alpha value is -4.80. The van der Waals surface area contributed by atoms with E-state index in [2.05, 4.69) is 10.3 Å². The second-order valence-corrected chi connectivity index (χ2v) is 6.51. The van der Waals surface area contributed by atoms with Crippen LogP contribution in [0.15, 0.2) is 64.8 Å². The summed E-state index contributed by atoms with van der Waals surface area (Å²) in [5.74, 6) is -1.03. The van der Waals surface area contributed by atoms with Crippen LogP contribution in [0, 0.1) is 10.1 Å². The number of ether oxygens (including phenoxy) is 1. The van der Waals surface area contributed by atoms with Crippen LogP contribution in [0.3, 0.4) is 0 Å². The molecule has 4 rings (SSSR count). The van der Waals surface area contributed by atoms with E-state index in [-0.39, 0.29) is 28.5 Å². The van der Waals surface area contributed by atoms with Crippen LogP contribution in [0.5, 0.6) is 5.75 Å². The number of aromatic nitrogens is 1. The first-order chi connectivity index (χ1) is 15.4. The van der Waals surface area contributed by atoms with Gasteiger partial charge in [0.2, 0.25) is 0 Å². The van der Waals surface area contributed by atoms with Crippen LogP contribution in [0.1, 0.15) is 5.76 Å². The van der Waals surface area contributed by atoms with Gasteiger partial charge >= 0.3 is 6.03 Å². The summed E-state index contributed by atoms with van der Waals surface area (Å²) in [5.41, 5.74) is 0.0699. The van der Waals surface area contributed by atoms with Gasteiger partial charge in [-0.2, -0.15) is 0 Å². The van der Waals surface area contributed by atoms with E-state index >= 15 is 0 Å². The lowest BCUT2D eigenvalue weighted by Crippen LogP contribution is -2.54. The molecule has 1 N–H and O–H groups in total. The number of nitro groups is 1. The molecule has 11 heteroatoms. The minimum Gasteiger partial charge on any atom is -0.496 e. The molecule has 2 aromatic heterocycles. The molecule has 1 aromatic carbocycles. The van der Waals surface area contributed by atoms with Gasteiger partial charge in [-0.1, -0.05) is 0 Å². The molecule has 3 heterocycles. The number of nitrogens with zero attached hydrogens (tertiary/aromatic N) is 3. The van der Waals surface area contributed by atoms with Crippen LogP contribution in [0.2, 0.25) is 0 Å². The molecule has 1 fully saturated rings. The number of nitro benzene ring substituents is 1. The van der Waals surface area contributed by atoms with Gasteiger partial charge in [0, 0.05) is 24.5 Å². The zero-order chi connectivity index (χ0) is 22.8. The van der Waals surface area contributed by atoms with E-state index in [0.29, 0.717) is 11.3 Å². The van der Waals surface area contributed by atoms with E-state index in [1.54, 1.807) is 0 Å². The van der Waals surface area contributed by atoms with E-state index in [0.717, 1.165) is 4.90 Å². The van der Waals surface area contributed by atoms with Crippen LogP contribution in [0.25, 0.3) is 17.4 Å². The van der Waals surface area contributed by atoms with E-state index in [1.807, 2.05) is 0 Å². The summed E-state index contributed by atoms with van der Waals surface area (Å²) >= 11 is 0. The summed E-state index contributed by atoms with van der Waals surface area (Å²) in [7, 11) is 1.41. The van der Waals surface area contributed by atoms with E-state index in [4.69, 9.17) is 9.15 Å². The Balaban J connectivity index is 1.70. The third kappa shape index (κ3) is 3.69. The molecule has 0 unspecified atom stereocenters. The molecule has 32 heavy (non-hydrogen) atoms. The summed E-state index contributed by atoms with van der Waals surface area (Å²) in [6.45, 7) is 0. The number of hydrogen-bond acceptors (Lipinski definition) is 8.